The molecule has 0 aliphatic carbocycles. The molecule has 0 aromatic carbocycles. The Kier molecular flexibility index (Phi) is 9.41. The van der Waals surface area contributed by atoms with Gasteiger partial charge in [0, 0.05) is 25.0 Å². The minimum absolute atomic E-state index is 0. The topological polar surface area (TPSA) is 37.9 Å². The van der Waals surface area contributed by atoms with Crippen LogP contribution in [0.3, 0.4) is 0 Å². The molecule has 5 nitrogen and oxygen atoms in total. The van der Waals surface area contributed by atoms with Gasteiger partial charge < -0.3 is 28.7 Å². The zero-order valence-electron chi connectivity index (χ0n) is 12.4. The number of halogens is 1. The van der Waals surface area contributed by atoms with Crippen LogP contribution in [0.2, 0.25) is 0 Å². The zero-order valence-corrected chi connectivity index (χ0v) is 15.4. The highest BCUT2D eigenvalue weighted by molar-refractivity contribution is 7.96. The molecule has 1 unspecified atom stereocenters. The van der Waals surface area contributed by atoms with E-state index in [1.807, 2.05) is 34.7 Å². The number of unbranched alkanes of at least 4 members (excludes halogenated alkanes) is 1. The molecule has 0 N–H and O–H groups in total. The summed E-state index contributed by atoms with van der Waals surface area (Å²) in [5.74, 6) is 0. The first-order valence-electron chi connectivity index (χ1n) is 6.97. The molecule has 1 aromatic rings. The van der Waals surface area contributed by atoms with Crippen molar-refractivity contribution in [2.24, 2.45) is 11.4 Å². The Morgan fingerprint density at radius 2 is 2.05 bits per heavy atom. The number of rotatable bonds is 8. The first kappa shape index (κ1) is 18.8. The molecule has 0 spiro atoms. The predicted octanol–water partition coefficient (Wildman–Crippen LogP) is -0.746. The van der Waals surface area contributed by atoms with Crippen LogP contribution in [-0.2, 0) is 16.6 Å². The van der Waals surface area contributed by atoms with Crippen LogP contribution in [0.25, 0.3) is 0 Å². The summed E-state index contributed by atoms with van der Waals surface area (Å²) in [5.41, 5.74) is 1.17. The van der Waals surface area contributed by atoms with Crippen molar-refractivity contribution in [1.82, 2.24) is 4.47 Å². The van der Waals surface area contributed by atoms with Gasteiger partial charge in [-0.25, -0.2) is 8.96 Å². The van der Waals surface area contributed by atoms with Crippen molar-refractivity contribution in [3.63, 3.8) is 0 Å². The van der Waals surface area contributed by atoms with Gasteiger partial charge >= 0.3 is 0 Å². The van der Waals surface area contributed by atoms with Crippen LogP contribution in [0, 0.1) is 0 Å². The minimum Gasteiger partial charge on any atom is -1.00 e. The Bertz CT molecular complexity index is 431. The van der Waals surface area contributed by atoms with Gasteiger partial charge in [-0.15, -0.1) is 0 Å². The first-order chi connectivity index (χ1) is 9.81. The second-order valence-electron chi connectivity index (χ2n) is 4.66. The van der Waals surface area contributed by atoms with Gasteiger partial charge in [-0.2, -0.15) is 0 Å². The van der Waals surface area contributed by atoms with E-state index in [4.69, 9.17) is 9.57 Å². The van der Waals surface area contributed by atoms with Gasteiger partial charge in [0.25, 0.3) is 0 Å². The fourth-order valence-corrected chi connectivity index (χ4v) is 2.45. The quantitative estimate of drug-likeness (QED) is 0.239. The zero-order chi connectivity index (χ0) is 14.2. The maximum Gasteiger partial charge on any atom is 0.168 e. The molecule has 0 amide bonds. The van der Waals surface area contributed by atoms with E-state index in [9.17, 15) is 0 Å². The fraction of sp³-hybridized carbons (Fsp3) is 0.571. The Morgan fingerprint density at radius 1 is 1.29 bits per heavy atom. The molecule has 2 heterocycles. The van der Waals surface area contributed by atoms with Crippen molar-refractivity contribution < 1.29 is 38.1 Å². The highest BCUT2D eigenvalue weighted by Gasteiger charge is 2.25. The van der Waals surface area contributed by atoms with Gasteiger partial charge in [0.05, 0.1) is 25.3 Å². The normalized spacial score (nSPS) is 17.9. The molecule has 0 saturated carbocycles. The van der Waals surface area contributed by atoms with Gasteiger partial charge in [0.2, 0.25) is 0 Å². The highest BCUT2D eigenvalue weighted by atomic mass is 127. The monoisotopic (exact) mass is 423 g/mol. The van der Waals surface area contributed by atoms with E-state index in [1.165, 1.54) is 17.7 Å². The Hall–Kier alpha value is -0.220. The van der Waals surface area contributed by atoms with Crippen LogP contribution >= 0.6 is 12.1 Å². The molecular formula is C14H22IN3O2S. The number of ether oxygens (including phenoxy) is 1. The molecule has 0 radical (unpaired) electrons. The summed E-state index contributed by atoms with van der Waals surface area (Å²) in [6.45, 7) is 4.13. The lowest BCUT2D eigenvalue weighted by Crippen LogP contribution is -3.00. The van der Waals surface area contributed by atoms with Gasteiger partial charge in [-0.05, 0) is 12.0 Å². The molecule has 7 heteroatoms. The smallest absolute Gasteiger partial charge is 0.168 e. The fourth-order valence-electron chi connectivity index (χ4n) is 1.79. The number of hydrogen-bond donors (Lipinski definition) is 0. The van der Waals surface area contributed by atoms with Crippen LogP contribution in [0.5, 0.6) is 0 Å². The molecule has 118 valence electrons. The largest absolute Gasteiger partial charge is 1.00 e. The van der Waals surface area contributed by atoms with Crippen LogP contribution in [-0.4, -0.2) is 30.5 Å². The number of hydrogen-bond acceptors (Lipinski definition) is 5. The van der Waals surface area contributed by atoms with Gasteiger partial charge in [0.15, 0.2) is 12.4 Å². The summed E-state index contributed by atoms with van der Waals surface area (Å²) < 4.78 is 13.5. The molecule has 1 atom stereocenters. The average molecular weight is 423 g/mol. The lowest BCUT2D eigenvalue weighted by Gasteiger charge is -2.20. The average Bonchev–Trinajstić information content (AvgIpc) is 2.92. The van der Waals surface area contributed by atoms with Crippen molar-refractivity contribution >= 4 is 18.3 Å². The maximum absolute atomic E-state index is 5.72. The molecule has 2 rings (SSSR count). The molecule has 1 aromatic heterocycles. The first-order valence-corrected chi connectivity index (χ1v) is 7.70. The third-order valence-electron chi connectivity index (χ3n) is 2.99. The van der Waals surface area contributed by atoms with Crippen LogP contribution in [0.4, 0.5) is 0 Å². The number of aryl methyl sites for hydroxylation is 1. The molecule has 21 heavy (non-hydrogen) atoms. The molecule has 0 bridgehead atoms. The number of pyridine rings is 1. The highest BCUT2D eigenvalue weighted by Crippen LogP contribution is 2.31. The number of aromatic nitrogens is 1. The van der Waals surface area contributed by atoms with Gasteiger partial charge in [-0.3, -0.25) is 4.84 Å². The van der Waals surface area contributed by atoms with Gasteiger partial charge in [-0.1, -0.05) is 17.8 Å². The van der Waals surface area contributed by atoms with Crippen molar-refractivity contribution in [3.05, 3.63) is 30.1 Å². The van der Waals surface area contributed by atoms with Crippen molar-refractivity contribution in [3.8, 4) is 0 Å². The summed E-state index contributed by atoms with van der Waals surface area (Å²) in [6.07, 6.45) is 8.21. The summed E-state index contributed by atoms with van der Waals surface area (Å²) in [7, 11) is 2.00. The second-order valence-corrected chi connectivity index (χ2v) is 5.40. The Labute approximate surface area is 148 Å². The standard InChI is InChI=1S/C14H22N3O2S.HI/c1-3-4-9-18-10-11-19-17-14(12-15-20-17)13-5-7-16(2)8-6-13;/h5-8,12,14H,3-4,9-11H2,1-2H3;1H/q+1;/p-1. The lowest BCUT2D eigenvalue weighted by molar-refractivity contribution is -0.671. The molecule has 0 saturated heterocycles. The summed E-state index contributed by atoms with van der Waals surface area (Å²) in [6, 6.07) is 4.23. The van der Waals surface area contributed by atoms with Crippen molar-refractivity contribution in [1.29, 1.82) is 0 Å². The van der Waals surface area contributed by atoms with Crippen molar-refractivity contribution in [2.45, 2.75) is 25.8 Å². The molecule has 0 fully saturated rings. The van der Waals surface area contributed by atoms with Crippen LogP contribution in [0.15, 0.2) is 28.9 Å². The number of nitrogens with zero attached hydrogens (tertiary/aromatic N) is 3. The van der Waals surface area contributed by atoms with E-state index in [1.54, 1.807) is 0 Å². The molecule has 1 aliphatic heterocycles. The molecular weight excluding hydrogens is 401 g/mol. The Balaban J connectivity index is 0.00000220. The lowest BCUT2D eigenvalue weighted by atomic mass is 10.1. The third-order valence-corrected chi connectivity index (χ3v) is 3.70. The third kappa shape index (κ3) is 6.19. The summed E-state index contributed by atoms with van der Waals surface area (Å²) in [4.78, 5) is 5.72. The van der Waals surface area contributed by atoms with E-state index < -0.39 is 0 Å². The van der Waals surface area contributed by atoms with E-state index in [0.717, 1.165) is 19.4 Å². The molecule has 1 aliphatic rings. The van der Waals surface area contributed by atoms with Crippen LogP contribution < -0.4 is 28.5 Å². The van der Waals surface area contributed by atoms with Crippen molar-refractivity contribution in [2.75, 3.05) is 19.8 Å². The minimum atomic E-state index is 0. The van der Waals surface area contributed by atoms with E-state index >= 15 is 0 Å². The summed E-state index contributed by atoms with van der Waals surface area (Å²) in [5, 5.41) is 0. The second kappa shape index (κ2) is 10.5. The SMILES string of the molecule is CCCCOCCON1SN=CC1c1cc[n+](C)cc1.[I-]. The Morgan fingerprint density at radius 3 is 2.76 bits per heavy atom. The van der Waals surface area contributed by atoms with Crippen LogP contribution in [0.1, 0.15) is 31.4 Å². The summed E-state index contributed by atoms with van der Waals surface area (Å²) >= 11 is 1.34. The maximum atomic E-state index is 5.72. The van der Waals surface area contributed by atoms with Gasteiger partial charge in [0.1, 0.15) is 13.1 Å². The van der Waals surface area contributed by atoms with E-state index in [0.29, 0.717) is 13.2 Å². The van der Waals surface area contributed by atoms with E-state index in [-0.39, 0.29) is 30.0 Å². The predicted molar refractivity (Wildman–Crippen MR) is 80.0 cm³/mol. The van der Waals surface area contributed by atoms with E-state index in [2.05, 4.69) is 23.5 Å². The number of hydroxylamine groups is 1.